The maximum atomic E-state index is 5.38. The van der Waals surface area contributed by atoms with E-state index in [1.165, 1.54) is 16.8 Å². The summed E-state index contributed by atoms with van der Waals surface area (Å²) in [6.07, 6.45) is 0.998. The molecule has 0 spiro atoms. The summed E-state index contributed by atoms with van der Waals surface area (Å²) in [6.45, 7) is 3.94. The highest BCUT2D eigenvalue weighted by atomic mass is 32.1. The number of H-pyrrole nitrogens is 1. The third-order valence-electron chi connectivity index (χ3n) is 3.07. The molecule has 2 aromatic heterocycles. The quantitative estimate of drug-likeness (QED) is 0.777. The molecular weight excluding hydrogens is 250 g/mol. The van der Waals surface area contributed by atoms with Crippen LogP contribution in [-0.4, -0.2) is 16.5 Å². The van der Waals surface area contributed by atoms with Crippen molar-refractivity contribution in [1.29, 1.82) is 0 Å². The van der Waals surface area contributed by atoms with Crippen LogP contribution in [-0.2, 0) is 13.0 Å². The summed E-state index contributed by atoms with van der Waals surface area (Å²) in [6, 6.07) is 0. The Labute approximate surface area is 109 Å². The Morgan fingerprint density at radius 2 is 2.29 bits per heavy atom. The molecule has 88 valence electrons. The first kappa shape index (κ1) is 11.1. The van der Waals surface area contributed by atoms with Crippen LogP contribution in [0.3, 0.4) is 0 Å². The van der Waals surface area contributed by atoms with Gasteiger partial charge in [0.2, 0.25) is 0 Å². The standard InChI is InChI=1S/C12H13N3S2/c1-7-5-17-6-9(7)11-14-10-2-3-13-4-8(10)12(16)15-11/h5-6,13H,2-4H2,1H3,(H,14,15,16). The number of aryl methyl sites for hydroxylation is 1. The van der Waals surface area contributed by atoms with Crippen LogP contribution in [0, 0.1) is 11.6 Å². The van der Waals surface area contributed by atoms with Gasteiger partial charge in [-0.1, -0.05) is 12.2 Å². The van der Waals surface area contributed by atoms with E-state index < -0.39 is 0 Å². The van der Waals surface area contributed by atoms with Crippen molar-refractivity contribution in [1.82, 2.24) is 15.3 Å². The van der Waals surface area contributed by atoms with Crippen molar-refractivity contribution in [3.8, 4) is 11.4 Å². The molecule has 5 heteroatoms. The van der Waals surface area contributed by atoms with Gasteiger partial charge >= 0.3 is 0 Å². The van der Waals surface area contributed by atoms with E-state index in [0.717, 1.165) is 35.5 Å². The van der Waals surface area contributed by atoms with Crippen LogP contribution in [0.4, 0.5) is 0 Å². The summed E-state index contributed by atoms with van der Waals surface area (Å²) in [5.74, 6) is 0.911. The second-order valence-electron chi connectivity index (χ2n) is 4.24. The van der Waals surface area contributed by atoms with E-state index in [9.17, 15) is 0 Å². The number of thiophene rings is 1. The minimum absolute atomic E-state index is 0.728. The molecule has 0 aliphatic carbocycles. The van der Waals surface area contributed by atoms with Gasteiger partial charge < -0.3 is 10.3 Å². The smallest absolute Gasteiger partial charge is 0.140 e. The van der Waals surface area contributed by atoms with Gasteiger partial charge in [0.05, 0.1) is 0 Å². The van der Waals surface area contributed by atoms with E-state index >= 15 is 0 Å². The fourth-order valence-corrected chi connectivity index (χ4v) is 3.22. The average molecular weight is 263 g/mol. The molecule has 0 atom stereocenters. The lowest BCUT2D eigenvalue weighted by Gasteiger charge is -2.17. The Bertz CT molecular complexity index is 612. The molecule has 0 bridgehead atoms. The van der Waals surface area contributed by atoms with Crippen molar-refractivity contribution in [3.05, 3.63) is 32.2 Å². The van der Waals surface area contributed by atoms with E-state index in [1.807, 2.05) is 0 Å². The summed E-state index contributed by atoms with van der Waals surface area (Å²) in [4.78, 5) is 7.95. The number of hydrogen-bond donors (Lipinski definition) is 2. The topological polar surface area (TPSA) is 40.7 Å². The van der Waals surface area contributed by atoms with E-state index in [0.29, 0.717) is 0 Å². The van der Waals surface area contributed by atoms with Crippen molar-refractivity contribution in [3.63, 3.8) is 0 Å². The summed E-state index contributed by atoms with van der Waals surface area (Å²) < 4.78 is 0.728. The van der Waals surface area contributed by atoms with E-state index in [-0.39, 0.29) is 0 Å². The van der Waals surface area contributed by atoms with Crippen molar-refractivity contribution < 1.29 is 0 Å². The lowest BCUT2D eigenvalue weighted by Crippen LogP contribution is -2.25. The van der Waals surface area contributed by atoms with Gasteiger partial charge in [-0.25, -0.2) is 4.98 Å². The summed E-state index contributed by atoms with van der Waals surface area (Å²) >= 11 is 7.07. The Balaban J connectivity index is 2.17. The number of aromatic nitrogens is 2. The lowest BCUT2D eigenvalue weighted by atomic mass is 10.1. The van der Waals surface area contributed by atoms with Crippen LogP contribution < -0.4 is 5.32 Å². The minimum atomic E-state index is 0.728. The Kier molecular flexibility index (Phi) is 2.82. The third kappa shape index (κ3) is 1.94. The van der Waals surface area contributed by atoms with Crippen LogP contribution in [0.25, 0.3) is 11.4 Å². The molecular formula is C12H13N3S2. The molecule has 3 rings (SSSR count). The van der Waals surface area contributed by atoms with Crippen molar-refractivity contribution in [2.75, 3.05) is 6.54 Å². The third-order valence-corrected chi connectivity index (χ3v) is 4.27. The molecule has 0 unspecified atom stereocenters. The van der Waals surface area contributed by atoms with Gasteiger partial charge in [-0.2, -0.15) is 11.3 Å². The van der Waals surface area contributed by atoms with Crippen LogP contribution >= 0.6 is 23.6 Å². The highest BCUT2D eigenvalue weighted by molar-refractivity contribution is 7.71. The molecule has 1 aliphatic rings. The first-order valence-corrected chi connectivity index (χ1v) is 6.97. The van der Waals surface area contributed by atoms with Crippen molar-refractivity contribution in [2.24, 2.45) is 0 Å². The molecule has 0 aromatic carbocycles. The van der Waals surface area contributed by atoms with Gasteiger partial charge in [0.1, 0.15) is 10.5 Å². The number of fused-ring (bicyclic) bond motifs is 1. The van der Waals surface area contributed by atoms with Gasteiger partial charge in [0, 0.05) is 41.7 Å². The number of aromatic amines is 1. The van der Waals surface area contributed by atoms with Crippen molar-refractivity contribution >= 4 is 23.6 Å². The summed E-state index contributed by atoms with van der Waals surface area (Å²) in [5, 5.41) is 7.58. The second-order valence-corrected chi connectivity index (χ2v) is 5.37. The lowest BCUT2D eigenvalue weighted by molar-refractivity contribution is 0.624. The number of hydrogen-bond acceptors (Lipinski definition) is 4. The Morgan fingerprint density at radius 1 is 1.41 bits per heavy atom. The molecule has 3 heterocycles. The van der Waals surface area contributed by atoms with E-state index in [1.54, 1.807) is 11.3 Å². The Hall–Kier alpha value is -1.04. The van der Waals surface area contributed by atoms with Gasteiger partial charge in [0.25, 0.3) is 0 Å². The first-order chi connectivity index (χ1) is 8.25. The first-order valence-electron chi connectivity index (χ1n) is 5.61. The SMILES string of the molecule is Cc1cscc1-c1nc(=S)c2c([nH]1)CCNC2. The van der Waals surface area contributed by atoms with Crippen LogP contribution in [0.2, 0.25) is 0 Å². The van der Waals surface area contributed by atoms with Crippen LogP contribution in [0.15, 0.2) is 10.8 Å². The van der Waals surface area contributed by atoms with Crippen LogP contribution in [0.5, 0.6) is 0 Å². The molecule has 17 heavy (non-hydrogen) atoms. The van der Waals surface area contributed by atoms with Crippen molar-refractivity contribution in [2.45, 2.75) is 19.9 Å². The molecule has 3 nitrogen and oxygen atoms in total. The summed E-state index contributed by atoms with van der Waals surface area (Å²) in [5.41, 5.74) is 4.82. The molecule has 0 fully saturated rings. The normalized spacial score (nSPS) is 14.6. The van der Waals surface area contributed by atoms with Gasteiger partial charge in [-0.15, -0.1) is 0 Å². The molecule has 0 radical (unpaired) electrons. The fraction of sp³-hybridized carbons (Fsp3) is 0.333. The van der Waals surface area contributed by atoms with Gasteiger partial charge in [-0.3, -0.25) is 0 Å². The maximum absolute atomic E-state index is 5.38. The summed E-state index contributed by atoms with van der Waals surface area (Å²) in [7, 11) is 0. The zero-order chi connectivity index (χ0) is 11.8. The highest BCUT2D eigenvalue weighted by Crippen LogP contribution is 2.25. The van der Waals surface area contributed by atoms with Crippen LogP contribution in [0.1, 0.15) is 16.8 Å². The number of nitrogens with one attached hydrogen (secondary N) is 2. The molecule has 2 aromatic rings. The minimum Gasteiger partial charge on any atom is -0.343 e. The maximum Gasteiger partial charge on any atom is 0.140 e. The number of nitrogens with zero attached hydrogens (tertiary/aromatic N) is 1. The predicted octanol–water partition coefficient (Wildman–Crippen LogP) is 2.82. The number of rotatable bonds is 1. The monoisotopic (exact) mass is 263 g/mol. The molecule has 0 saturated carbocycles. The fourth-order valence-electron chi connectivity index (χ4n) is 2.10. The van der Waals surface area contributed by atoms with E-state index in [4.69, 9.17) is 12.2 Å². The molecule has 2 N–H and O–H groups in total. The zero-order valence-corrected chi connectivity index (χ0v) is 11.2. The largest absolute Gasteiger partial charge is 0.343 e. The Morgan fingerprint density at radius 3 is 3.06 bits per heavy atom. The highest BCUT2D eigenvalue weighted by Gasteiger charge is 2.14. The predicted molar refractivity (Wildman–Crippen MR) is 72.9 cm³/mol. The zero-order valence-electron chi connectivity index (χ0n) is 9.54. The van der Waals surface area contributed by atoms with Gasteiger partial charge in [0.15, 0.2) is 0 Å². The van der Waals surface area contributed by atoms with Gasteiger partial charge in [-0.05, 0) is 17.9 Å². The average Bonchev–Trinajstić information content (AvgIpc) is 2.75. The van der Waals surface area contributed by atoms with E-state index in [2.05, 4.69) is 33.0 Å². The molecule has 0 saturated heterocycles. The second kappa shape index (κ2) is 4.33. The molecule has 1 aliphatic heterocycles. The molecule has 0 amide bonds.